The van der Waals surface area contributed by atoms with Crippen LogP contribution in [0.4, 0.5) is 4.39 Å². The Labute approximate surface area is 157 Å². The van der Waals surface area contributed by atoms with Crippen LogP contribution in [0, 0.1) is 19.7 Å². The summed E-state index contributed by atoms with van der Waals surface area (Å²) in [4.78, 5) is 23.7. The van der Waals surface area contributed by atoms with E-state index >= 15 is 0 Å². The maximum Gasteiger partial charge on any atom is 0.254 e. The number of amides is 1. The highest BCUT2D eigenvalue weighted by molar-refractivity contribution is 5.94. The number of rotatable bonds is 2. The van der Waals surface area contributed by atoms with E-state index in [0.717, 1.165) is 22.4 Å². The molecule has 0 saturated heterocycles. The minimum atomic E-state index is -0.280. The molecule has 5 heteroatoms. The highest BCUT2D eigenvalue weighted by Gasteiger charge is 2.23. The first-order valence-corrected chi connectivity index (χ1v) is 8.98. The van der Waals surface area contributed by atoms with E-state index in [1.54, 1.807) is 18.3 Å². The molecule has 1 aliphatic heterocycles. The van der Waals surface area contributed by atoms with Crippen molar-refractivity contribution in [2.45, 2.75) is 26.8 Å². The number of hydrogen-bond donors (Lipinski definition) is 0. The van der Waals surface area contributed by atoms with Gasteiger partial charge in [0.05, 0.1) is 5.69 Å². The summed E-state index contributed by atoms with van der Waals surface area (Å²) >= 11 is 0. The number of benzene rings is 2. The minimum absolute atomic E-state index is 0.0337. The van der Waals surface area contributed by atoms with E-state index in [1.807, 2.05) is 36.9 Å². The highest BCUT2D eigenvalue weighted by atomic mass is 19.1. The largest absolute Gasteiger partial charge is 0.334 e. The minimum Gasteiger partial charge on any atom is -0.334 e. The Bertz CT molecular complexity index is 1010. The van der Waals surface area contributed by atoms with E-state index in [9.17, 15) is 9.18 Å². The lowest BCUT2D eigenvalue weighted by Gasteiger charge is -2.28. The molecule has 2 aromatic carbocycles. The van der Waals surface area contributed by atoms with Gasteiger partial charge in [-0.05, 0) is 61.4 Å². The van der Waals surface area contributed by atoms with Gasteiger partial charge in [0.2, 0.25) is 0 Å². The quantitative estimate of drug-likeness (QED) is 0.690. The second kappa shape index (κ2) is 6.91. The Morgan fingerprint density at radius 2 is 1.85 bits per heavy atom. The molecule has 0 atom stereocenters. The van der Waals surface area contributed by atoms with Crippen molar-refractivity contribution in [3.8, 4) is 11.4 Å². The summed E-state index contributed by atoms with van der Waals surface area (Å²) in [7, 11) is 0. The maximum absolute atomic E-state index is 13.1. The van der Waals surface area contributed by atoms with E-state index in [0.29, 0.717) is 30.9 Å². The van der Waals surface area contributed by atoms with Crippen molar-refractivity contribution in [3.05, 3.63) is 82.4 Å². The van der Waals surface area contributed by atoms with Crippen LogP contribution in [-0.4, -0.2) is 27.3 Å². The first-order valence-electron chi connectivity index (χ1n) is 8.98. The molecular weight excluding hydrogens is 341 g/mol. The second-order valence-electron chi connectivity index (χ2n) is 6.95. The lowest BCUT2D eigenvalue weighted by atomic mass is 10.0. The molecular formula is C22H20FN3O. The zero-order chi connectivity index (χ0) is 19.0. The van der Waals surface area contributed by atoms with Crippen molar-refractivity contribution in [2.24, 2.45) is 0 Å². The molecule has 136 valence electrons. The average molecular weight is 361 g/mol. The van der Waals surface area contributed by atoms with Crippen LogP contribution in [0.2, 0.25) is 0 Å². The van der Waals surface area contributed by atoms with Crippen molar-refractivity contribution >= 4 is 5.91 Å². The Balaban J connectivity index is 1.55. The zero-order valence-electron chi connectivity index (χ0n) is 15.4. The van der Waals surface area contributed by atoms with E-state index in [4.69, 9.17) is 0 Å². The van der Waals surface area contributed by atoms with E-state index in [1.165, 1.54) is 17.7 Å². The number of nitrogens with zero attached hydrogens (tertiary/aromatic N) is 3. The Morgan fingerprint density at radius 1 is 1.07 bits per heavy atom. The van der Waals surface area contributed by atoms with Gasteiger partial charge in [-0.25, -0.2) is 14.4 Å². The molecule has 0 bridgehead atoms. The molecule has 1 amide bonds. The molecule has 2 heterocycles. The van der Waals surface area contributed by atoms with Gasteiger partial charge in [-0.2, -0.15) is 0 Å². The number of halogens is 1. The molecule has 0 unspecified atom stereocenters. The number of aromatic nitrogens is 2. The molecule has 0 aliphatic carbocycles. The lowest BCUT2D eigenvalue weighted by molar-refractivity contribution is 0.0733. The normalized spacial score (nSPS) is 13.4. The second-order valence-corrected chi connectivity index (χ2v) is 6.95. The van der Waals surface area contributed by atoms with E-state index in [-0.39, 0.29) is 11.7 Å². The summed E-state index contributed by atoms with van der Waals surface area (Å²) in [6.07, 6.45) is 2.46. The van der Waals surface area contributed by atoms with Gasteiger partial charge in [0.1, 0.15) is 5.82 Å². The Kier molecular flexibility index (Phi) is 4.44. The summed E-state index contributed by atoms with van der Waals surface area (Å²) in [6.45, 7) is 5.18. The molecule has 1 aromatic heterocycles. The van der Waals surface area contributed by atoms with Crippen molar-refractivity contribution in [1.82, 2.24) is 14.9 Å². The molecule has 27 heavy (non-hydrogen) atoms. The fraction of sp³-hybridized carbons (Fsp3) is 0.227. The molecule has 1 aliphatic rings. The van der Waals surface area contributed by atoms with Crippen LogP contribution in [0.1, 0.15) is 32.7 Å². The van der Waals surface area contributed by atoms with Crippen LogP contribution in [0.3, 0.4) is 0 Å². The Morgan fingerprint density at radius 3 is 2.59 bits per heavy atom. The van der Waals surface area contributed by atoms with E-state index < -0.39 is 0 Å². The molecule has 4 rings (SSSR count). The van der Waals surface area contributed by atoms with Gasteiger partial charge in [0, 0.05) is 42.4 Å². The highest BCUT2D eigenvalue weighted by Crippen LogP contribution is 2.23. The fourth-order valence-corrected chi connectivity index (χ4v) is 3.28. The third-order valence-corrected chi connectivity index (χ3v) is 5.08. The molecule has 0 N–H and O–H groups in total. The first kappa shape index (κ1) is 17.3. The molecule has 0 fully saturated rings. The third kappa shape index (κ3) is 3.45. The summed E-state index contributed by atoms with van der Waals surface area (Å²) < 4.78 is 13.1. The summed E-state index contributed by atoms with van der Waals surface area (Å²) in [5, 5.41) is 0. The fourth-order valence-electron chi connectivity index (χ4n) is 3.28. The SMILES string of the molecule is Cc1ccc(C(=O)N2CCc3nc(-c4ccc(F)cc4)ncc3C2)cc1C. The van der Waals surface area contributed by atoms with Gasteiger partial charge < -0.3 is 4.90 Å². The van der Waals surface area contributed by atoms with Crippen molar-refractivity contribution in [3.63, 3.8) is 0 Å². The zero-order valence-corrected chi connectivity index (χ0v) is 15.4. The van der Waals surface area contributed by atoms with Gasteiger partial charge in [-0.1, -0.05) is 6.07 Å². The summed E-state index contributed by atoms with van der Waals surface area (Å²) in [5.74, 6) is 0.339. The molecule has 0 saturated carbocycles. The predicted octanol–water partition coefficient (Wildman–Crippen LogP) is 4.10. The van der Waals surface area contributed by atoms with Gasteiger partial charge in [-0.15, -0.1) is 0 Å². The van der Waals surface area contributed by atoms with Crippen molar-refractivity contribution in [1.29, 1.82) is 0 Å². The lowest BCUT2D eigenvalue weighted by Crippen LogP contribution is -2.36. The van der Waals surface area contributed by atoms with Gasteiger partial charge >= 0.3 is 0 Å². The number of fused-ring (bicyclic) bond motifs is 1. The number of hydrogen-bond acceptors (Lipinski definition) is 3. The van der Waals surface area contributed by atoms with Gasteiger partial charge in [0.25, 0.3) is 5.91 Å². The maximum atomic E-state index is 13.1. The standard InChI is InChI=1S/C22H20FN3O/c1-14-3-4-17(11-15(14)2)22(27)26-10-9-20-18(13-26)12-24-21(25-20)16-5-7-19(23)8-6-16/h3-8,11-12H,9-10,13H2,1-2H3. The first-order chi connectivity index (χ1) is 13.0. The number of aryl methyl sites for hydroxylation is 2. The van der Waals surface area contributed by atoms with Crippen molar-refractivity contribution in [2.75, 3.05) is 6.54 Å². The van der Waals surface area contributed by atoms with E-state index in [2.05, 4.69) is 9.97 Å². The van der Waals surface area contributed by atoms with Crippen molar-refractivity contribution < 1.29 is 9.18 Å². The van der Waals surface area contributed by atoms with Gasteiger partial charge in [0.15, 0.2) is 5.82 Å². The summed E-state index contributed by atoms with van der Waals surface area (Å²) in [6, 6.07) is 12.0. The number of carbonyl (C=O) groups excluding carboxylic acids is 1. The van der Waals surface area contributed by atoms with Crippen LogP contribution in [0.25, 0.3) is 11.4 Å². The molecule has 4 nitrogen and oxygen atoms in total. The molecule has 3 aromatic rings. The topological polar surface area (TPSA) is 46.1 Å². The predicted molar refractivity (Wildman–Crippen MR) is 102 cm³/mol. The van der Waals surface area contributed by atoms with Crippen LogP contribution >= 0.6 is 0 Å². The van der Waals surface area contributed by atoms with Crippen LogP contribution in [0.15, 0.2) is 48.7 Å². The average Bonchev–Trinajstić information content (AvgIpc) is 2.69. The number of carbonyl (C=O) groups is 1. The van der Waals surface area contributed by atoms with Gasteiger partial charge in [-0.3, -0.25) is 4.79 Å². The monoisotopic (exact) mass is 361 g/mol. The molecule has 0 spiro atoms. The van der Waals surface area contributed by atoms with Crippen LogP contribution in [0.5, 0.6) is 0 Å². The van der Waals surface area contributed by atoms with Crippen LogP contribution < -0.4 is 0 Å². The third-order valence-electron chi connectivity index (χ3n) is 5.08. The Hall–Kier alpha value is -3.08. The smallest absolute Gasteiger partial charge is 0.254 e. The van der Waals surface area contributed by atoms with Crippen LogP contribution in [-0.2, 0) is 13.0 Å². The molecule has 0 radical (unpaired) electrons. The summed E-state index contributed by atoms with van der Waals surface area (Å²) in [5.41, 5.74) is 5.71.